The summed E-state index contributed by atoms with van der Waals surface area (Å²) in [5.74, 6) is 0. The van der Waals surface area contributed by atoms with Crippen LogP contribution in [0.2, 0.25) is 5.02 Å². The number of nitrogens with one attached hydrogen (secondary N) is 1. The Kier molecular flexibility index (Phi) is 3.94. The van der Waals surface area contributed by atoms with E-state index in [0.29, 0.717) is 17.1 Å². The van der Waals surface area contributed by atoms with E-state index in [2.05, 4.69) is 5.32 Å². The molecule has 0 fully saturated rings. The Morgan fingerprint density at radius 3 is 2.72 bits per heavy atom. The molecule has 0 aliphatic heterocycles. The zero-order valence-corrected chi connectivity index (χ0v) is 12.1. The molecule has 1 heterocycles. The highest BCUT2D eigenvalue weighted by Gasteiger charge is 2.15. The van der Waals surface area contributed by atoms with E-state index in [0.717, 1.165) is 5.69 Å². The van der Waals surface area contributed by atoms with Crippen LogP contribution in [-0.4, -0.2) is 14.7 Å². The largest absolute Gasteiger partial charge is 0.380 e. The van der Waals surface area contributed by atoms with Gasteiger partial charge in [-0.3, -0.25) is 0 Å². The van der Waals surface area contributed by atoms with E-state index < -0.39 is 9.84 Å². The fourth-order valence-corrected chi connectivity index (χ4v) is 3.48. The minimum atomic E-state index is -3.27. The van der Waals surface area contributed by atoms with Gasteiger partial charge < -0.3 is 5.32 Å². The van der Waals surface area contributed by atoms with Crippen LogP contribution >= 0.6 is 22.9 Å². The molecule has 18 heavy (non-hydrogen) atoms. The van der Waals surface area contributed by atoms with Crippen LogP contribution in [0.3, 0.4) is 0 Å². The average Bonchev–Trinajstić information content (AvgIpc) is 2.78. The van der Waals surface area contributed by atoms with Crippen molar-refractivity contribution in [2.75, 3.05) is 11.6 Å². The monoisotopic (exact) mass is 301 g/mol. The van der Waals surface area contributed by atoms with Gasteiger partial charge >= 0.3 is 0 Å². The quantitative estimate of drug-likeness (QED) is 0.941. The summed E-state index contributed by atoms with van der Waals surface area (Å²) in [6, 6.07) is 6.85. The van der Waals surface area contributed by atoms with Gasteiger partial charge in [-0.2, -0.15) is 11.3 Å². The molecule has 1 N–H and O–H groups in total. The number of hydrogen-bond acceptors (Lipinski definition) is 4. The molecule has 0 saturated carbocycles. The van der Waals surface area contributed by atoms with Crippen LogP contribution in [0.4, 0.5) is 5.69 Å². The van der Waals surface area contributed by atoms with Crippen LogP contribution < -0.4 is 5.32 Å². The van der Waals surface area contributed by atoms with Crippen molar-refractivity contribution in [1.29, 1.82) is 0 Å². The Bertz CT molecular complexity index is 636. The van der Waals surface area contributed by atoms with Crippen molar-refractivity contribution in [3.8, 4) is 0 Å². The van der Waals surface area contributed by atoms with Gasteiger partial charge in [0.25, 0.3) is 0 Å². The van der Waals surface area contributed by atoms with E-state index in [9.17, 15) is 8.42 Å². The average molecular weight is 302 g/mol. The van der Waals surface area contributed by atoms with Crippen molar-refractivity contribution < 1.29 is 8.42 Å². The number of benzene rings is 1. The van der Waals surface area contributed by atoms with Gasteiger partial charge in [-0.25, -0.2) is 8.42 Å². The maximum absolute atomic E-state index is 11.7. The summed E-state index contributed by atoms with van der Waals surface area (Å²) in [5, 5.41) is 7.52. The van der Waals surface area contributed by atoms with E-state index in [1.165, 1.54) is 6.26 Å². The number of thiophene rings is 1. The summed E-state index contributed by atoms with van der Waals surface area (Å²) in [7, 11) is -3.27. The minimum absolute atomic E-state index is 0.276. The van der Waals surface area contributed by atoms with Gasteiger partial charge in [-0.05, 0) is 23.6 Å². The molecule has 96 valence electrons. The van der Waals surface area contributed by atoms with Gasteiger partial charge in [0.15, 0.2) is 9.84 Å². The Hall–Kier alpha value is -1.04. The number of rotatable bonds is 4. The van der Waals surface area contributed by atoms with E-state index in [1.807, 2.05) is 16.8 Å². The van der Waals surface area contributed by atoms with Crippen LogP contribution in [0.1, 0.15) is 5.56 Å². The molecule has 0 bridgehead atoms. The topological polar surface area (TPSA) is 46.2 Å². The smallest absolute Gasteiger partial charge is 0.175 e. The summed E-state index contributed by atoms with van der Waals surface area (Å²) in [6.07, 6.45) is 1.19. The van der Waals surface area contributed by atoms with Crippen LogP contribution in [0.25, 0.3) is 0 Å². The molecule has 1 aromatic heterocycles. The Morgan fingerprint density at radius 2 is 2.11 bits per heavy atom. The molecular formula is C12H12ClNO2S2. The molecule has 0 atom stereocenters. The highest BCUT2D eigenvalue weighted by atomic mass is 35.5. The minimum Gasteiger partial charge on any atom is -0.380 e. The zero-order chi connectivity index (χ0) is 13.2. The molecule has 2 rings (SSSR count). The predicted molar refractivity (Wildman–Crippen MR) is 76.2 cm³/mol. The SMILES string of the molecule is CS(=O)(=O)c1cccc(Cl)c1CNc1ccsc1. The van der Waals surface area contributed by atoms with Gasteiger partial charge in [0, 0.05) is 34.5 Å². The molecule has 2 aromatic rings. The van der Waals surface area contributed by atoms with Gasteiger partial charge in [0.05, 0.1) is 4.90 Å². The second-order valence-corrected chi connectivity index (χ2v) is 7.03. The molecule has 6 heteroatoms. The maximum Gasteiger partial charge on any atom is 0.175 e. The molecule has 0 aliphatic rings. The summed E-state index contributed by atoms with van der Waals surface area (Å²) >= 11 is 7.65. The second kappa shape index (κ2) is 5.30. The van der Waals surface area contributed by atoms with Gasteiger partial charge in [0.1, 0.15) is 0 Å². The zero-order valence-electron chi connectivity index (χ0n) is 9.68. The van der Waals surface area contributed by atoms with E-state index >= 15 is 0 Å². The lowest BCUT2D eigenvalue weighted by Gasteiger charge is -2.11. The third-order valence-corrected chi connectivity index (χ3v) is 4.68. The van der Waals surface area contributed by atoms with Gasteiger partial charge in [-0.1, -0.05) is 17.7 Å². The van der Waals surface area contributed by atoms with Crippen molar-refractivity contribution in [2.45, 2.75) is 11.4 Å². The molecule has 0 unspecified atom stereocenters. The lowest BCUT2D eigenvalue weighted by atomic mass is 10.2. The first kappa shape index (κ1) is 13.4. The Labute approximate surface area is 115 Å². The van der Waals surface area contributed by atoms with Crippen molar-refractivity contribution in [3.63, 3.8) is 0 Å². The molecule has 0 amide bonds. The third-order valence-electron chi connectivity index (χ3n) is 2.47. The lowest BCUT2D eigenvalue weighted by Crippen LogP contribution is -2.07. The van der Waals surface area contributed by atoms with Crippen LogP contribution in [0, 0.1) is 0 Å². The molecule has 3 nitrogen and oxygen atoms in total. The number of sulfone groups is 1. The maximum atomic E-state index is 11.7. The predicted octanol–water partition coefficient (Wildman–Crippen LogP) is 3.42. The molecule has 0 aliphatic carbocycles. The van der Waals surface area contributed by atoms with E-state index in [1.54, 1.807) is 29.5 Å². The first-order chi connectivity index (χ1) is 8.48. The number of anilines is 1. The first-order valence-electron chi connectivity index (χ1n) is 5.22. The number of halogens is 1. The highest BCUT2D eigenvalue weighted by Crippen LogP contribution is 2.25. The molecule has 0 saturated heterocycles. The van der Waals surface area contributed by atoms with Crippen LogP contribution in [0.15, 0.2) is 39.9 Å². The standard InChI is InChI=1S/C12H12ClNO2S2/c1-18(15,16)12-4-2-3-11(13)10(12)7-14-9-5-6-17-8-9/h2-6,8,14H,7H2,1H3. The van der Waals surface area contributed by atoms with Crippen LogP contribution in [0.5, 0.6) is 0 Å². The first-order valence-corrected chi connectivity index (χ1v) is 8.43. The Morgan fingerprint density at radius 1 is 1.33 bits per heavy atom. The fraction of sp³-hybridized carbons (Fsp3) is 0.167. The van der Waals surface area contributed by atoms with Gasteiger partial charge in [0.2, 0.25) is 0 Å². The molecule has 1 aromatic carbocycles. The van der Waals surface area contributed by atoms with Crippen molar-refractivity contribution >= 4 is 38.5 Å². The highest BCUT2D eigenvalue weighted by molar-refractivity contribution is 7.90. The summed E-state index contributed by atoms with van der Waals surface area (Å²) in [6.45, 7) is 0.388. The Balaban J connectivity index is 2.32. The van der Waals surface area contributed by atoms with E-state index in [-0.39, 0.29) is 4.90 Å². The second-order valence-electron chi connectivity index (χ2n) is 3.85. The third kappa shape index (κ3) is 3.04. The summed E-state index contributed by atoms with van der Waals surface area (Å²) in [4.78, 5) is 0.276. The lowest BCUT2D eigenvalue weighted by molar-refractivity contribution is 0.601. The normalized spacial score (nSPS) is 11.4. The van der Waals surface area contributed by atoms with Crippen molar-refractivity contribution in [3.05, 3.63) is 45.6 Å². The van der Waals surface area contributed by atoms with Gasteiger partial charge in [-0.15, -0.1) is 0 Å². The molecule has 0 radical (unpaired) electrons. The van der Waals surface area contributed by atoms with Crippen molar-refractivity contribution in [2.24, 2.45) is 0 Å². The fourth-order valence-electron chi connectivity index (χ4n) is 1.61. The number of hydrogen-bond donors (Lipinski definition) is 1. The van der Waals surface area contributed by atoms with Crippen LogP contribution in [-0.2, 0) is 16.4 Å². The molecule has 0 spiro atoms. The molecular weight excluding hydrogens is 290 g/mol. The van der Waals surface area contributed by atoms with Crippen molar-refractivity contribution in [1.82, 2.24) is 0 Å². The van der Waals surface area contributed by atoms with E-state index in [4.69, 9.17) is 11.6 Å². The summed E-state index contributed by atoms with van der Waals surface area (Å²) < 4.78 is 23.4. The summed E-state index contributed by atoms with van der Waals surface area (Å²) in [5.41, 5.74) is 1.56.